The molecule has 3 rings (SSSR count). The first kappa shape index (κ1) is 13.9. The van der Waals surface area contributed by atoms with Gasteiger partial charge in [-0.2, -0.15) is 5.26 Å². The van der Waals surface area contributed by atoms with E-state index in [2.05, 4.69) is 34.6 Å². The van der Waals surface area contributed by atoms with Crippen molar-refractivity contribution in [2.45, 2.75) is 44.9 Å². The standard InChI is InChI=1S/C17H22N4/c18-11-17(9-4-10-17)12-20-16(19)21-15-8-3-6-13-5-1-2-7-14(13)15/h3,6,8H,1-2,4-5,7,9-10,12H2,(H3,19,20,21). The van der Waals surface area contributed by atoms with Crippen LogP contribution in [0, 0.1) is 16.7 Å². The molecule has 3 N–H and O–H groups in total. The molecular weight excluding hydrogens is 260 g/mol. The van der Waals surface area contributed by atoms with E-state index in [4.69, 9.17) is 5.73 Å². The maximum atomic E-state index is 9.22. The number of fused-ring (bicyclic) bond motifs is 1. The molecule has 0 atom stereocenters. The Labute approximate surface area is 126 Å². The zero-order chi connectivity index (χ0) is 14.7. The molecule has 1 aromatic rings. The number of benzene rings is 1. The molecule has 2 aliphatic carbocycles. The Hall–Kier alpha value is -2.02. The molecule has 0 unspecified atom stereocenters. The molecule has 0 spiro atoms. The lowest BCUT2D eigenvalue weighted by Crippen LogP contribution is -2.33. The molecule has 0 radical (unpaired) electrons. The van der Waals surface area contributed by atoms with Crippen LogP contribution in [0.5, 0.6) is 0 Å². The Morgan fingerprint density at radius 3 is 2.81 bits per heavy atom. The topological polar surface area (TPSA) is 74.2 Å². The van der Waals surface area contributed by atoms with Gasteiger partial charge < -0.3 is 11.1 Å². The normalized spacial score (nSPS) is 20.0. The molecule has 4 nitrogen and oxygen atoms in total. The lowest BCUT2D eigenvalue weighted by molar-refractivity contribution is 0.226. The zero-order valence-corrected chi connectivity index (χ0v) is 12.4. The highest BCUT2D eigenvalue weighted by Gasteiger charge is 2.36. The van der Waals surface area contributed by atoms with E-state index >= 15 is 0 Å². The highest BCUT2D eigenvalue weighted by molar-refractivity contribution is 5.93. The largest absolute Gasteiger partial charge is 0.370 e. The fraction of sp³-hybridized carbons (Fsp3) is 0.529. The van der Waals surface area contributed by atoms with Crippen molar-refractivity contribution in [2.75, 3.05) is 11.9 Å². The zero-order valence-electron chi connectivity index (χ0n) is 12.4. The SMILES string of the molecule is N#CC1(CN=C(N)Nc2cccc3c2CCCC3)CCC1. The number of nitrogens with one attached hydrogen (secondary N) is 1. The quantitative estimate of drug-likeness (QED) is 0.661. The molecule has 0 saturated heterocycles. The minimum absolute atomic E-state index is 0.261. The predicted molar refractivity (Wildman–Crippen MR) is 85.1 cm³/mol. The highest BCUT2D eigenvalue weighted by atomic mass is 15.1. The van der Waals surface area contributed by atoms with Gasteiger partial charge >= 0.3 is 0 Å². The van der Waals surface area contributed by atoms with Gasteiger partial charge in [0.15, 0.2) is 5.96 Å². The van der Waals surface area contributed by atoms with Crippen LogP contribution in [-0.2, 0) is 12.8 Å². The maximum Gasteiger partial charge on any atom is 0.193 e. The van der Waals surface area contributed by atoms with E-state index < -0.39 is 0 Å². The van der Waals surface area contributed by atoms with Crippen LogP contribution in [0.4, 0.5) is 5.69 Å². The van der Waals surface area contributed by atoms with Crippen molar-refractivity contribution >= 4 is 11.6 Å². The van der Waals surface area contributed by atoms with Crippen molar-refractivity contribution in [2.24, 2.45) is 16.1 Å². The third-order valence-corrected chi connectivity index (χ3v) is 4.76. The van der Waals surface area contributed by atoms with E-state index in [1.807, 2.05) is 0 Å². The summed E-state index contributed by atoms with van der Waals surface area (Å²) in [4.78, 5) is 4.39. The van der Waals surface area contributed by atoms with Crippen LogP contribution in [0.3, 0.4) is 0 Å². The number of anilines is 1. The lowest BCUT2D eigenvalue weighted by Gasteiger charge is -2.33. The van der Waals surface area contributed by atoms with Crippen molar-refractivity contribution in [1.82, 2.24) is 0 Å². The second-order valence-electron chi connectivity index (χ2n) is 6.22. The van der Waals surface area contributed by atoms with Crippen LogP contribution in [0.1, 0.15) is 43.2 Å². The van der Waals surface area contributed by atoms with Crippen molar-refractivity contribution in [3.63, 3.8) is 0 Å². The van der Waals surface area contributed by atoms with Crippen molar-refractivity contribution in [1.29, 1.82) is 5.26 Å². The second-order valence-corrected chi connectivity index (χ2v) is 6.22. The molecule has 0 aromatic heterocycles. The number of hydrogen-bond acceptors (Lipinski definition) is 2. The molecule has 1 aromatic carbocycles. The Morgan fingerprint density at radius 1 is 1.29 bits per heavy atom. The van der Waals surface area contributed by atoms with Gasteiger partial charge in [-0.3, -0.25) is 4.99 Å². The van der Waals surface area contributed by atoms with Gasteiger partial charge in [0.2, 0.25) is 0 Å². The Kier molecular flexibility index (Phi) is 3.83. The van der Waals surface area contributed by atoms with Crippen LogP contribution in [0.15, 0.2) is 23.2 Å². The molecule has 4 heteroatoms. The summed E-state index contributed by atoms with van der Waals surface area (Å²) in [7, 11) is 0. The van der Waals surface area contributed by atoms with Crippen molar-refractivity contribution < 1.29 is 0 Å². The summed E-state index contributed by atoms with van der Waals surface area (Å²) in [6.07, 6.45) is 7.78. The Balaban J connectivity index is 1.70. The first-order valence-electron chi connectivity index (χ1n) is 7.81. The average molecular weight is 282 g/mol. The molecule has 1 saturated carbocycles. The number of hydrogen-bond donors (Lipinski definition) is 2. The number of rotatable bonds is 3. The molecule has 2 aliphatic rings. The summed E-state index contributed by atoms with van der Waals surface area (Å²) in [5.41, 5.74) is 9.62. The van der Waals surface area contributed by atoms with E-state index in [0.717, 1.165) is 37.8 Å². The summed E-state index contributed by atoms with van der Waals surface area (Å²) >= 11 is 0. The maximum absolute atomic E-state index is 9.22. The van der Waals surface area contributed by atoms with Crippen molar-refractivity contribution in [3.05, 3.63) is 29.3 Å². The smallest absolute Gasteiger partial charge is 0.193 e. The number of guanidine groups is 1. The van der Waals surface area contributed by atoms with Crippen LogP contribution < -0.4 is 11.1 Å². The number of nitrogens with zero attached hydrogens (tertiary/aromatic N) is 2. The summed E-state index contributed by atoms with van der Waals surface area (Å²) in [6.45, 7) is 0.511. The van der Waals surface area contributed by atoms with Crippen LogP contribution >= 0.6 is 0 Å². The van der Waals surface area contributed by atoms with E-state index in [0.29, 0.717) is 12.5 Å². The number of nitrogens with two attached hydrogens (primary N) is 1. The molecule has 0 aliphatic heterocycles. The van der Waals surface area contributed by atoms with Gasteiger partial charge in [-0.25, -0.2) is 0 Å². The monoisotopic (exact) mass is 282 g/mol. The summed E-state index contributed by atoms with van der Waals surface area (Å²) < 4.78 is 0. The second kappa shape index (κ2) is 5.77. The molecule has 110 valence electrons. The van der Waals surface area contributed by atoms with Gasteiger partial charge in [0, 0.05) is 5.69 Å². The average Bonchev–Trinajstić information content (AvgIpc) is 2.47. The van der Waals surface area contributed by atoms with E-state index in [1.165, 1.54) is 24.0 Å². The summed E-state index contributed by atoms with van der Waals surface area (Å²) in [5.74, 6) is 0.426. The summed E-state index contributed by atoms with van der Waals surface area (Å²) in [5, 5.41) is 12.4. The first-order chi connectivity index (χ1) is 10.2. The summed E-state index contributed by atoms with van der Waals surface area (Å²) in [6, 6.07) is 8.73. The molecule has 21 heavy (non-hydrogen) atoms. The van der Waals surface area contributed by atoms with Crippen LogP contribution in [0.25, 0.3) is 0 Å². The van der Waals surface area contributed by atoms with Crippen LogP contribution in [-0.4, -0.2) is 12.5 Å². The minimum atomic E-state index is -0.261. The van der Waals surface area contributed by atoms with E-state index in [9.17, 15) is 5.26 Å². The van der Waals surface area contributed by atoms with Gasteiger partial charge in [-0.1, -0.05) is 18.6 Å². The third-order valence-electron chi connectivity index (χ3n) is 4.76. The molecular formula is C17H22N4. The van der Waals surface area contributed by atoms with E-state index in [-0.39, 0.29) is 5.41 Å². The third kappa shape index (κ3) is 2.87. The lowest BCUT2D eigenvalue weighted by atomic mass is 9.70. The van der Waals surface area contributed by atoms with Gasteiger partial charge in [0.25, 0.3) is 0 Å². The number of aryl methyl sites for hydroxylation is 1. The van der Waals surface area contributed by atoms with Gasteiger partial charge in [0.1, 0.15) is 0 Å². The molecule has 0 amide bonds. The first-order valence-corrected chi connectivity index (χ1v) is 7.81. The molecule has 0 heterocycles. The van der Waals surface area contributed by atoms with Crippen LogP contribution in [0.2, 0.25) is 0 Å². The minimum Gasteiger partial charge on any atom is -0.370 e. The van der Waals surface area contributed by atoms with Gasteiger partial charge in [-0.15, -0.1) is 0 Å². The molecule has 0 bridgehead atoms. The van der Waals surface area contributed by atoms with E-state index in [1.54, 1.807) is 0 Å². The fourth-order valence-corrected chi connectivity index (χ4v) is 3.22. The highest BCUT2D eigenvalue weighted by Crippen LogP contribution is 2.40. The van der Waals surface area contributed by atoms with Crippen molar-refractivity contribution in [3.8, 4) is 6.07 Å². The molecule has 1 fully saturated rings. The van der Waals surface area contributed by atoms with Gasteiger partial charge in [-0.05, 0) is 55.7 Å². The fourth-order valence-electron chi connectivity index (χ4n) is 3.22. The number of aliphatic imine (C=N–C) groups is 1. The predicted octanol–water partition coefficient (Wildman–Crippen LogP) is 2.99. The van der Waals surface area contributed by atoms with Gasteiger partial charge in [0.05, 0.1) is 18.0 Å². The Bertz CT molecular complexity index is 593. The Morgan fingerprint density at radius 2 is 2.10 bits per heavy atom. The number of nitriles is 1.